The summed E-state index contributed by atoms with van der Waals surface area (Å²) >= 11 is 0. The summed E-state index contributed by atoms with van der Waals surface area (Å²) in [5.41, 5.74) is 0.452. The van der Waals surface area contributed by atoms with Gasteiger partial charge in [0.1, 0.15) is 6.54 Å². The van der Waals surface area contributed by atoms with Crippen LogP contribution >= 0.6 is 12.4 Å². The van der Waals surface area contributed by atoms with Gasteiger partial charge in [0.05, 0.1) is 11.6 Å². The molecule has 120 valence electrons. The van der Waals surface area contributed by atoms with E-state index in [1.165, 1.54) is 0 Å². The molecule has 2 aliphatic rings. The van der Waals surface area contributed by atoms with Gasteiger partial charge in [-0.15, -0.1) is 12.4 Å². The van der Waals surface area contributed by atoms with Crippen molar-refractivity contribution >= 4 is 24.3 Å². The smallest absolute Gasteiger partial charge is 0.323 e. The fourth-order valence-electron chi connectivity index (χ4n) is 3.56. The molecule has 1 aromatic carbocycles. The van der Waals surface area contributed by atoms with E-state index in [1.807, 2.05) is 30.3 Å². The second kappa shape index (κ2) is 6.67. The van der Waals surface area contributed by atoms with E-state index in [4.69, 9.17) is 5.11 Å². The first-order chi connectivity index (χ1) is 10.1. The summed E-state index contributed by atoms with van der Waals surface area (Å²) in [5, 5.41) is 12.6. The maximum atomic E-state index is 12.9. The summed E-state index contributed by atoms with van der Waals surface area (Å²) in [6, 6.07) is 9.43. The van der Waals surface area contributed by atoms with Crippen LogP contribution in [0.5, 0.6) is 0 Å². The van der Waals surface area contributed by atoms with Crippen LogP contribution in [-0.2, 0) is 9.59 Å². The zero-order valence-corrected chi connectivity index (χ0v) is 13.1. The van der Waals surface area contributed by atoms with Crippen LogP contribution in [0.2, 0.25) is 0 Å². The van der Waals surface area contributed by atoms with Crippen LogP contribution in [0, 0.1) is 0 Å². The van der Waals surface area contributed by atoms with Gasteiger partial charge in [-0.05, 0) is 18.4 Å². The molecule has 22 heavy (non-hydrogen) atoms. The molecule has 1 saturated heterocycles. The fraction of sp³-hybridized carbons (Fsp3) is 0.500. The van der Waals surface area contributed by atoms with Crippen LogP contribution in [0.25, 0.3) is 0 Å². The molecule has 0 bridgehead atoms. The molecule has 6 heteroatoms. The Morgan fingerprint density at radius 3 is 2.50 bits per heavy atom. The summed E-state index contributed by atoms with van der Waals surface area (Å²) in [6.07, 6.45) is 3.66. The molecule has 1 aliphatic heterocycles. The second-order valence-electron chi connectivity index (χ2n) is 5.92. The van der Waals surface area contributed by atoms with Gasteiger partial charge >= 0.3 is 5.97 Å². The Kier molecular flexibility index (Phi) is 5.08. The van der Waals surface area contributed by atoms with Crippen molar-refractivity contribution in [3.8, 4) is 0 Å². The molecule has 5 nitrogen and oxygen atoms in total. The number of nitrogens with zero attached hydrogens (tertiary/aromatic N) is 1. The molecule has 0 aromatic heterocycles. The Labute approximate surface area is 136 Å². The normalized spacial score (nSPS) is 23.4. The van der Waals surface area contributed by atoms with Crippen LogP contribution in [0.1, 0.15) is 37.3 Å². The molecule has 1 aliphatic carbocycles. The van der Waals surface area contributed by atoms with Gasteiger partial charge in [-0.3, -0.25) is 9.59 Å². The van der Waals surface area contributed by atoms with Gasteiger partial charge in [0.15, 0.2) is 0 Å². The zero-order chi connectivity index (χ0) is 14.9. The monoisotopic (exact) mass is 324 g/mol. The van der Waals surface area contributed by atoms with E-state index in [9.17, 15) is 9.59 Å². The molecule has 0 radical (unpaired) electrons. The van der Waals surface area contributed by atoms with E-state index < -0.39 is 11.5 Å². The Morgan fingerprint density at radius 1 is 1.27 bits per heavy atom. The highest BCUT2D eigenvalue weighted by Gasteiger charge is 2.49. The van der Waals surface area contributed by atoms with Crippen molar-refractivity contribution in [1.29, 1.82) is 0 Å². The average Bonchev–Trinajstić information content (AvgIpc) is 2.95. The van der Waals surface area contributed by atoms with Crippen molar-refractivity contribution in [2.75, 3.05) is 13.1 Å². The number of rotatable bonds is 3. The minimum absolute atomic E-state index is 0. The van der Waals surface area contributed by atoms with E-state index >= 15 is 0 Å². The lowest BCUT2D eigenvalue weighted by molar-refractivity contribution is -0.153. The van der Waals surface area contributed by atoms with Crippen LogP contribution in [0.15, 0.2) is 30.3 Å². The highest BCUT2D eigenvalue weighted by atomic mass is 35.5. The topological polar surface area (TPSA) is 69.6 Å². The summed E-state index contributed by atoms with van der Waals surface area (Å²) in [5.74, 6) is -1.01. The minimum atomic E-state index is -0.959. The third-order valence-electron chi connectivity index (χ3n) is 4.63. The van der Waals surface area contributed by atoms with Crippen molar-refractivity contribution < 1.29 is 14.7 Å². The number of hydrogen-bond acceptors (Lipinski definition) is 3. The first-order valence-corrected chi connectivity index (χ1v) is 7.45. The lowest BCUT2D eigenvalue weighted by Gasteiger charge is -2.45. The van der Waals surface area contributed by atoms with Crippen LogP contribution in [-0.4, -0.2) is 40.5 Å². The number of nitrogens with one attached hydrogen (secondary N) is 1. The zero-order valence-electron chi connectivity index (χ0n) is 12.3. The number of halogens is 1. The standard InChI is InChI=1S/C16H20N2O3.ClH/c19-14(20)11-18-13(12-6-2-1-3-7-12)10-17-16(15(18)21)8-4-5-9-16;/h1-3,6-7,13,17H,4-5,8-11H2,(H,19,20);1H/t13-;/m0./s1. The Hall–Kier alpha value is -1.59. The highest BCUT2D eigenvalue weighted by molar-refractivity contribution is 5.90. The van der Waals surface area contributed by atoms with E-state index in [2.05, 4.69) is 5.32 Å². The number of carbonyl (C=O) groups is 2. The summed E-state index contributed by atoms with van der Waals surface area (Å²) in [7, 11) is 0. The molecule has 1 heterocycles. The summed E-state index contributed by atoms with van der Waals surface area (Å²) in [6.45, 7) is 0.380. The third-order valence-corrected chi connectivity index (χ3v) is 4.63. The van der Waals surface area contributed by atoms with Crippen molar-refractivity contribution in [2.24, 2.45) is 0 Å². The molecule has 1 saturated carbocycles. The number of aliphatic carboxylic acids is 1. The molecular weight excluding hydrogens is 304 g/mol. The van der Waals surface area contributed by atoms with E-state index in [0.717, 1.165) is 31.2 Å². The van der Waals surface area contributed by atoms with Gasteiger partial charge in [0.25, 0.3) is 0 Å². The predicted molar refractivity (Wildman–Crippen MR) is 85.0 cm³/mol. The van der Waals surface area contributed by atoms with Crippen molar-refractivity contribution in [1.82, 2.24) is 10.2 Å². The van der Waals surface area contributed by atoms with E-state index in [0.29, 0.717) is 6.54 Å². The lowest BCUT2D eigenvalue weighted by Crippen LogP contribution is -2.64. The Bertz CT molecular complexity index is 544. The molecule has 1 aromatic rings. The largest absolute Gasteiger partial charge is 0.480 e. The van der Waals surface area contributed by atoms with E-state index in [1.54, 1.807) is 4.90 Å². The molecule has 2 fully saturated rings. The van der Waals surface area contributed by atoms with Gasteiger partial charge in [-0.2, -0.15) is 0 Å². The molecule has 1 amide bonds. The first-order valence-electron chi connectivity index (χ1n) is 7.45. The number of carboxylic acid groups (broad SMARTS) is 1. The fourth-order valence-corrected chi connectivity index (χ4v) is 3.56. The van der Waals surface area contributed by atoms with Gasteiger partial charge in [-0.1, -0.05) is 43.2 Å². The third kappa shape index (κ3) is 2.96. The maximum Gasteiger partial charge on any atom is 0.323 e. The van der Waals surface area contributed by atoms with E-state index in [-0.39, 0.29) is 30.9 Å². The number of benzene rings is 1. The number of carbonyl (C=O) groups excluding carboxylic acids is 1. The lowest BCUT2D eigenvalue weighted by atomic mass is 9.89. The SMILES string of the molecule is Cl.O=C(O)CN1C(=O)C2(CCCC2)NC[C@H]1c1ccccc1. The summed E-state index contributed by atoms with van der Waals surface area (Å²) in [4.78, 5) is 25.6. The van der Waals surface area contributed by atoms with Crippen LogP contribution < -0.4 is 5.32 Å². The minimum Gasteiger partial charge on any atom is -0.480 e. The van der Waals surface area contributed by atoms with Crippen LogP contribution in [0.3, 0.4) is 0 Å². The number of hydrogen-bond donors (Lipinski definition) is 2. The molecule has 3 rings (SSSR count). The van der Waals surface area contributed by atoms with Crippen molar-refractivity contribution in [2.45, 2.75) is 37.3 Å². The first kappa shape index (κ1) is 16.8. The average molecular weight is 325 g/mol. The highest BCUT2D eigenvalue weighted by Crippen LogP contribution is 2.37. The molecular formula is C16H21ClN2O3. The maximum absolute atomic E-state index is 12.9. The molecule has 1 spiro atoms. The molecule has 1 atom stereocenters. The molecule has 0 unspecified atom stereocenters. The Balaban J connectivity index is 0.00000176. The summed E-state index contributed by atoms with van der Waals surface area (Å²) < 4.78 is 0. The van der Waals surface area contributed by atoms with Crippen molar-refractivity contribution in [3.63, 3.8) is 0 Å². The molecule has 2 N–H and O–H groups in total. The van der Waals surface area contributed by atoms with Gasteiger partial charge in [0.2, 0.25) is 5.91 Å². The van der Waals surface area contributed by atoms with Crippen LogP contribution in [0.4, 0.5) is 0 Å². The second-order valence-corrected chi connectivity index (χ2v) is 5.92. The van der Waals surface area contributed by atoms with Gasteiger partial charge in [-0.25, -0.2) is 0 Å². The number of piperazine rings is 1. The number of carboxylic acids is 1. The predicted octanol–water partition coefficient (Wildman–Crippen LogP) is 1.98. The Morgan fingerprint density at radius 2 is 1.91 bits per heavy atom. The van der Waals surface area contributed by atoms with Crippen molar-refractivity contribution in [3.05, 3.63) is 35.9 Å². The number of amides is 1. The quantitative estimate of drug-likeness (QED) is 0.892. The van der Waals surface area contributed by atoms with Gasteiger partial charge < -0.3 is 15.3 Å². The van der Waals surface area contributed by atoms with Gasteiger partial charge in [0, 0.05) is 6.54 Å².